The molecule has 0 fully saturated rings. The Balaban J connectivity index is 3.16. The molecule has 1 unspecified atom stereocenters. The van der Waals surface area contributed by atoms with E-state index in [0.29, 0.717) is 0 Å². The van der Waals surface area contributed by atoms with Gasteiger partial charge in [0.15, 0.2) is 0 Å². The van der Waals surface area contributed by atoms with E-state index in [4.69, 9.17) is 14.9 Å². The Labute approximate surface area is 81.0 Å². The van der Waals surface area contributed by atoms with Gasteiger partial charge in [0, 0.05) is 0 Å². The Morgan fingerprint density at radius 3 is 2.57 bits per heavy atom. The summed E-state index contributed by atoms with van der Waals surface area (Å²) in [4.78, 5) is 0. The lowest BCUT2D eigenvalue weighted by Crippen LogP contribution is -2.11. The minimum absolute atomic E-state index is 0.0356. The van der Waals surface area contributed by atoms with Crippen LogP contribution in [0.4, 0.5) is 0 Å². The van der Waals surface area contributed by atoms with Crippen LogP contribution in [0.5, 0.6) is 0 Å². The molecule has 0 radical (unpaired) electrons. The highest BCUT2D eigenvalue weighted by atomic mass is 32.2. The van der Waals surface area contributed by atoms with Gasteiger partial charge in [-0.15, -0.1) is 0 Å². The first kappa shape index (κ1) is 10.7. The maximum Gasteiger partial charge on any atom is 0.296 e. The van der Waals surface area contributed by atoms with Crippen LogP contribution in [0.1, 0.15) is 16.6 Å². The first-order chi connectivity index (χ1) is 6.45. The number of rotatable bonds is 2. The van der Waals surface area contributed by atoms with Crippen molar-refractivity contribution in [2.24, 2.45) is 0 Å². The zero-order valence-electron chi connectivity index (χ0n) is 6.95. The molecule has 74 valence electrons. The smallest absolute Gasteiger partial charge is 0.296 e. The fourth-order valence-electron chi connectivity index (χ4n) is 0.934. The van der Waals surface area contributed by atoms with Gasteiger partial charge in [0.2, 0.25) is 5.44 Å². The average Bonchev–Trinajstić information content (AvgIpc) is 2.15. The highest BCUT2D eigenvalue weighted by Gasteiger charge is 2.21. The van der Waals surface area contributed by atoms with Gasteiger partial charge in [0.05, 0.1) is 11.6 Å². The number of nitriles is 1. The van der Waals surface area contributed by atoms with Crippen molar-refractivity contribution in [2.45, 2.75) is 5.44 Å². The monoisotopic (exact) mass is 213 g/mol. The van der Waals surface area contributed by atoms with E-state index in [1.165, 1.54) is 24.3 Å². The molecule has 0 amide bonds. The van der Waals surface area contributed by atoms with Crippen LogP contribution in [-0.2, 0) is 10.1 Å². The van der Waals surface area contributed by atoms with E-state index in [1.54, 1.807) is 6.07 Å². The van der Waals surface area contributed by atoms with Crippen molar-refractivity contribution in [3.05, 3.63) is 35.4 Å². The molecule has 5 nitrogen and oxygen atoms in total. The third kappa shape index (κ3) is 2.29. The summed E-state index contributed by atoms with van der Waals surface area (Å²) in [6.45, 7) is 0. The molecule has 1 atom stereocenters. The molecular formula is C8H7NO4S. The number of aliphatic hydroxyl groups is 1. The van der Waals surface area contributed by atoms with Crippen LogP contribution in [0, 0.1) is 11.3 Å². The number of hydrogen-bond donors (Lipinski definition) is 2. The van der Waals surface area contributed by atoms with Crippen molar-refractivity contribution in [1.82, 2.24) is 0 Å². The van der Waals surface area contributed by atoms with E-state index in [2.05, 4.69) is 0 Å². The molecule has 14 heavy (non-hydrogen) atoms. The topological polar surface area (TPSA) is 98.4 Å². The molecule has 1 rings (SSSR count). The number of benzene rings is 1. The molecule has 0 spiro atoms. The first-order valence-electron chi connectivity index (χ1n) is 3.59. The van der Waals surface area contributed by atoms with Crippen LogP contribution in [0.3, 0.4) is 0 Å². The largest absolute Gasteiger partial charge is 0.371 e. The molecule has 0 aliphatic carbocycles. The summed E-state index contributed by atoms with van der Waals surface area (Å²) < 4.78 is 29.7. The quantitative estimate of drug-likeness (QED) is 0.694. The zero-order chi connectivity index (χ0) is 10.8. The van der Waals surface area contributed by atoms with Gasteiger partial charge in [0.1, 0.15) is 0 Å². The minimum atomic E-state index is -4.53. The van der Waals surface area contributed by atoms with Crippen LogP contribution in [0.25, 0.3) is 0 Å². The lowest BCUT2D eigenvalue weighted by molar-refractivity contribution is 0.238. The van der Waals surface area contributed by atoms with Gasteiger partial charge in [-0.25, -0.2) is 0 Å². The van der Waals surface area contributed by atoms with Gasteiger partial charge in [-0.1, -0.05) is 12.1 Å². The van der Waals surface area contributed by atoms with Crippen LogP contribution in [0.15, 0.2) is 24.3 Å². The summed E-state index contributed by atoms with van der Waals surface area (Å²) in [5, 5.41) is 17.6. The Morgan fingerprint density at radius 1 is 1.43 bits per heavy atom. The van der Waals surface area contributed by atoms with Crippen molar-refractivity contribution in [2.75, 3.05) is 0 Å². The van der Waals surface area contributed by atoms with E-state index in [9.17, 15) is 8.42 Å². The standard InChI is InChI=1S/C8H7NO4S/c9-5-6-2-1-3-7(4-6)8(10)14(11,12)13/h1-4,8,10H,(H,11,12,13). The molecule has 6 heteroatoms. The lowest BCUT2D eigenvalue weighted by Gasteiger charge is -2.06. The van der Waals surface area contributed by atoms with E-state index >= 15 is 0 Å². The third-order valence-electron chi connectivity index (χ3n) is 1.58. The second-order valence-corrected chi connectivity index (χ2v) is 4.08. The van der Waals surface area contributed by atoms with Crippen LogP contribution in [0.2, 0.25) is 0 Å². The molecule has 0 bridgehead atoms. The van der Waals surface area contributed by atoms with Crippen molar-refractivity contribution < 1.29 is 18.1 Å². The summed E-state index contributed by atoms with van der Waals surface area (Å²) in [5.41, 5.74) is -1.83. The predicted octanol–water partition coefficient (Wildman–Crippen LogP) is 0.437. The maximum absolute atomic E-state index is 10.6. The Bertz CT molecular complexity index is 474. The molecule has 0 heterocycles. The highest BCUT2D eigenvalue weighted by molar-refractivity contribution is 7.85. The van der Waals surface area contributed by atoms with Gasteiger partial charge in [-0.3, -0.25) is 4.55 Å². The van der Waals surface area contributed by atoms with Crippen LogP contribution >= 0.6 is 0 Å². The fraction of sp³-hybridized carbons (Fsp3) is 0.125. The van der Waals surface area contributed by atoms with Crippen molar-refractivity contribution >= 4 is 10.1 Å². The van der Waals surface area contributed by atoms with Crippen LogP contribution < -0.4 is 0 Å². The molecule has 1 aromatic rings. The SMILES string of the molecule is N#Cc1cccc(C(O)S(=O)(=O)O)c1. The average molecular weight is 213 g/mol. The fourth-order valence-corrected chi connectivity index (χ4v) is 1.42. The van der Waals surface area contributed by atoms with Gasteiger partial charge in [-0.2, -0.15) is 13.7 Å². The summed E-state index contributed by atoms with van der Waals surface area (Å²) in [5.74, 6) is 0. The summed E-state index contributed by atoms with van der Waals surface area (Å²) in [7, 11) is -4.53. The van der Waals surface area contributed by atoms with E-state index in [0.717, 1.165) is 0 Å². The summed E-state index contributed by atoms with van der Waals surface area (Å²) in [6, 6.07) is 7.16. The molecular weight excluding hydrogens is 206 g/mol. The predicted molar refractivity (Wildman–Crippen MR) is 47.7 cm³/mol. The molecule has 0 saturated heterocycles. The van der Waals surface area contributed by atoms with Gasteiger partial charge in [0.25, 0.3) is 10.1 Å². The normalized spacial score (nSPS) is 13.2. The van der Waals surface area contributed by atoms with Crippen molar-refractivity contribution in [1.29, 1.82) is 5.26 Å². The molecule has 2 N–H and O–H groups in total. The maximum atomic E-state index is 10.6. The number of hydrogen-bond acceptors (Lipinski definition) is 4. The van der Waals surface area contributed by atoms with Crippen molar-refractivity contribution in [3.63, 3.8) is 0 Å². The molecule has 0 aliphatic heterocycles. The second kappa shape index (κ2) is 3.75. The Kier molecular flexibility index (Phi) is 2.86. The van der Waals surface area contributed by atoms with Gasteiger partial charge >= 0.3 is 0 Å². The van der Waals surface area contributed by atoms with Crippen molar-refractivity contribution in [3.8, 4) is 6.07 Å². The molecule has 1 aromatic carbocycles. The van der Waals surface area contributed by atoms with Gasteiger partial charge < -0.3 is 5.11 Å². The van der Waals surface area contributed by atoms with Crippen LogP contribution in [-0.4, -0.2) is 18.1 Å². The molecule has 0 saturated carbocycles. The minimum Gasteiger partial charge on any atom is -0.371 e. The third-order valence-corrected chi connectivity index (χ3v) is 2.42. The number of nitrogens with zero attached hydrogens (tertiary/aromatic N) is 1. The Morgan fingerprint density at radius 2 is 2.07 bits per heavy atom. The number of aliphatic hydroxyl groups excluding tert-OH is 1. The molecule has 0 aromatic heterocycles. The Hall–Kier alpha value is -1.42. The summed E-state index contributed by atoms with van der Waals surface area (Å²) in [6.07, 6.45) is 0. The first-order valence-corrected chi connectivity index (χ1v) is 5.10. The lowest BCUT2D eigenvalue weighted by atomic mass is 10.1. The zero-order valence-corrected chi connectivity index (χ0v) is 7.77. The van der Waals surface area contributed by atoms with E-state index in [-0.39, 0.29) is 11.1 Å². The molecule has 0 aliphatic rings. The van der Waals surface area contributed by atoms with E-state index < -0.39 is 15.6 Å². The van der Waals surface area contributed by atoms with Gasteiger partial charge in [-0.05, 0) is 17.7 Å². The van der Waals surface area contributed by atoms with E-state index in [1.807, 2.05) is 0 Å². The summed E-state index contributed by atoms with van der Waals surface area (Å²) >= 11 is 0. The second-order valence-electron chi connectivity index (χ2n) is 2.60. The highest BCUT2D eigenvalue weighted by Crippen LogP contribution is 2.18.